The van der Waals surface area contributed by atoms with Crippen molar-refractivity contribution in [1.29, 1.82) is 0 Å². The molecule has 1 aliphatic rings. The molecule has 36 heavy (non-hydrogen) atoms. The van der Waals surface area contributed by atoms with Crippen molar-refractivity contribution in [3.63, 3.8) is 0 Å². The number of methoxy groups -OCH3 is 2. The second-order valence-corrected chi connectivity index (χ2v) is 8.16. The zero-order chi connectivity index (χ0) is 25.7. The smallest absolute Gasteiger partial charge is 0.136 e. The van der Waals surface area contributed by atoms with E-state index in [0.717, 1.165) is 18.8 Å². The van der Waals surface area contributed by atoms with Crippen molar-refractivity contribution < 1.29 is 23.7 Å². The van der Waals surface area contributed by atoms with Crippen LogP contribution in [-0.2, 0) is 9.47 Å². The standard InChI is InChI=1S/C27H29FN4O4/c1-5-8-29-25(17(2)34-3)27(33)21-14-20(22(28)15-24(21)35-4)26-19-7-6-18(13-23(19)30-16-31-26)32-9-11-36-12-10-32/h5-8,13-16,27,33H,1,9-12H2,2-4H3/b25-17+,29-8?/t27-/m1/s1. The number of aliphatic hydroxyl groups is 1. The fourth-order valence-corrected chi connectivity index (χ4v) is 4.16. The van der Waals surface area contributed by atoms with Gasteiger partial charge in [-0.2, -0.15) is 0 Å². The first-order valence-corrected chi connectivity index (χ1v) is 11.5. The lowest BCUT2D eigenvalue weighted by molar-refractivity contribution is 0.122. The largest absolute Gasteiger partial charge is 0.499 e. The van der Waals surface area contributed by atoms with E-state index in [9.17, 15) is 5.11 Å². The summed E-state index contributed by atoms with van der Waals surface area (Å²) in [4.78, 5) is 15.3. The highest BCUT2D eigenvalue weighted by Gasteiger charge is 2.24. The van der Waals surface area contributed by atoms with Crippen LogP contribution in [0.25, 0.3) is 22.2 Å². The lowest BCUT2D eigenvalue weighted by Gasteiger charge is -2.29. The number of benzene rings is 2. The molecule has 0 amide bonds. The van der Waals surface area contributed by atoms with E-state index in [1.54, 1.807) is 6.92 Å². The third-order valence-corrected chi connectivity index (χ3v) is 6.11. The number of morpholine rings is 1. The number of rotatable bonds is 8. The van der Waals surface area contributed by atoms with Gasteiger partial charge in [0, 0.05) is 47.6 Å². The van der Waals surface area contributed by atoms with Crippen LogP contribution in [-0.4, -0.2) is 61.8 Å². The van der Waals surface area contributed by atoms with Gasteiger partial charge in [0.05, 0.1) is 38.6 Å². The van der Waals surface area contributed by atoms with Gasteiger partial charge in [-0.1, -0.05) is 12.7 Å². The van der Waals surface area contributed by atoms with Crippen LogP contribution in [0.4, 0.5) is 10.1 Å². The van der Waals surface area contributed by atoms with Crippen molar-refractivity contribution in [2.24, 2.45) is 4.99 Å². The van der Waals surface area contributed by atoms with Crippen molar-refractivity contribution in [3.05, 3.63) is 72.2 Å². The molecule has 0 aliphatic carbocycles. The lowest BCUT2D eigenvalue weighted by atomic mass is 9.98. The number of halogens is 1. The molecule has 4 rings (SSSR count). The average molecular weight is 493 g/mol. The van der Waals surface area contributed by atoms with Crippen molar-refractivity contribution in [2.75, 3.05) is 45.4 Å². The van der Waals surface area contributed by atoms with Crippen molar-refractivity contribution >= 4 is 22.8 Å². The Morgan fingerprint density at radius 1 is 1.22 bits per heavy atom. The minimum absolute atomic E-state index is 0.173. The molecule has 0 unspecified atom stereocenters. The van der Waals surface area contributed by atoms with Crippen molar-refractivity contribution in [3.8, 4) is 17.0 Å². The number of aliphatic hydroxyl groups excluding tert-OH is 1. The molecule has 1 aliphatic heterocycles. The molecular weight excluding hydrogens is 463 g/mol. The Morgan fingerprint density at radius 3 is 2.69 bits per heavy atom. The number of hydrogen-bond acceptors (Lipinski definition) is 8. The van der Waals surface area contributed by atoms with Gasteiger partial charge >= 0.3 is 0 Å². The fraction of sp³-hybridized carbons (Fsp3) is 0.296. The van der Waals surface area contributed by atoms with E-state index in [2.05, 4.69) is 26.4 Å². The Bertz CT molecular complexity index is 1320. The molecule has 8 nitrogen and oxygen atoms in total. The molecule has 1 fully saturated rings. The van der Waals surface area contributed by atoms with Gasteiger partial charge in [-0.15, -0.1) is 0 Å². The fourth-order valence-electron chi connectivity index (χ4n) is 4.16. The Labute approximate surface area is 209 Å². The summed E-state index contributed by atoms with van der Waals surface area (Å²) in [6.45, 7) is 8.23. The molecule has 2 aromatic carbocycles. The number of aromatic nitrogens is 2. The van der Waals surface area contributed by atoms with Crippen LogP contribution in [0, 0.1) is 5.82 Å². The molecule has 3 aromatic rings. The number of hydrogen-bond donors (Lipinski definition) is 1. The first-order valence-electron chi connectivity index (χ1n) is 11.5. The summed E-state index contributed by atoms with van der Waals surface area (Å²) < 4.78 is 31.5. The average Bonchev–Trinajstić information content (AvgIpc) is 2.92. The predicted molar refractivity (Wildman–Crippen MR) is 138 cm³/mol. The molecule has 0 saturated carbocycles. The van der Waals surface area contributed by atoms with Gasteiger partial charge in [0.25, 0.3) is 0 Å². The molecule has 9 heteroatoms. The normalized spacial score (nSPS) is 15.6. The van der Waals surface area contributed by atoms with E-state index in [4.69, 9.17) is 14.2 Å². The maximum absolute atomic E-state index is 15.4. The predicted octanol–water partition coefficient (Wildman–Crippen LogP) is 4.45. The third kappa shape index (κ3) is 5.07. The highest BCUT2D eigenvalue weighted by atomic mass is 19.1. The van der Waals surface area contributed by atoms with Crippen molar-refractivity contribution in [2.45, 2.75) is 13.0 Å². The Kier molecular flexibility index (Phi) is 7.92. The summed E-state index contributed by atoms with van der Waals surface area (Å²) in [6, 6.07) is 8.61. The van der Waals surface area contributed by atoms with E-state index in [1.165, 1.54) is 45.0 Å². The van der Waals surface area contributed by atoms with Gasteiger partial charge in [0.1, 0.15) is 35.5 Å². The molecule has 1 saturated heterocycles. The quantitative estimate of drug-likeness (QED) is 0.367. The molecule has 1 atom stereocenters. The van der Waals surface area contributed by atoms with E-state index < -0.39 is 11.9 Å². The summed E-state index contributed by atoms with van der Waals surface area (Å²) in [7, 11) is 2.90. The molecule has 2 heterocycles. The molecule has 1 N–H and O–H groups in total. The first-order chi connectivity index (χ1) is 17.5. The van der Waals surface area contributed by atoms with Crippen LogP contribution < -0.4 is 9.64 Å². The van der Waals surface area contributed by atoms with E-state index >= 15 is 4.39 Å². The molecule has 1 aromatic heterocycles. The monoisotopic (exact) mass is 492 g/mol. The van der Waals surface area contributed by atoms with Gasteiger partial charge < -0.3 is 24.2 Å². The first kappa shape index (κ1) is 25.3. The maximum atomic E-state index is 15.4. The number of aliphatic imine (C=N–C) groups is 1. The SMILES string of the molecule is C=CC=N/C(=C(\C)OC)[C@H](O)c1cc(-c2ncnc3cc(N4CCOCC4)ccc23)c(F)cc1OC. The van der Waals surface area contributed by atoms with E-state index in [0.29, 0.717) is 41.1 Å². The molecule has 188 valence electrons. The maximum Gasteiger partial charge on any atom is 0.136 e. The summed E-state index contributed by atoms with van der Waals surface area (Å²) in [6.07, 6.45) is 3.09. The summed E-state index contributed by atoms with van der Waals surface area (Å²) in [5.41, 5.74) is 2.89. The summed E-state index contributed by atoms with van der Waals surface area (Å²) in [5.74, 6) is 0.0345. The lowest BCUT2D eigenvalue weighted by Crippen LogP contribution is -2.36. The number of ether oxygens (including phenoxy) is 3. The van der Waals surface area contributed by atoms with E-state index in [1.807, 2.05) is 18.2 Å². The summed E-state index contributed by atoms with van der Waals surface area (Å²) >= 11 is 0. The van der Waals surface area contributed by atoms with E-state index in [-0.39, 0.29) is 17.0 Å². The Morgan fingerprint density at radius 2 is 2.00 bits per heavy atom. The Balaban J connectivity index is 1.83. The minimum atomic E-state index is -1.25. The van der Waals surface area contributed by atoms with Crippen LogP contribution in [0.1, 0.15) is 18.6 Å². The minimum Gasteiger partial charge on any atom is -0.499 e. The van der Waals surface area contributed by atoms with Crippen LogP contribution in [0.2, 0.25) is 0 Å². The molecule has 0 radical (unpaired) electrons. The number of anilines is 1. The number of fused-ring (bicyclic) bond motifs is 1. The van der Waals surface area contributed by atoms with Crippen LogP contribution >= 0.6 is 0 Å². The zero-order valence-electron chi connectivity index (χ0n) is 20.6. The van der Waals surface area contributed by atoms with Crippen LogP contribution in [0.15, 0.2) is 65.8 Å². The van der Waals surface area contributed by atoms with Gasteiger partial charge in [-0.05, 0) is 31.2 Å². The van der Waals surface area contributed by atoms with Crippen LogP contribution in [0.3, 0.4) is 0 Å². The zero-order valence-corrected chi connectivity index (χ0v) is 20.6. The number of allylic oxidation sites excluding steroid dienone is 2. The topological polar surface area (TPSA) is 89.3 Å². The second kappa shape index (κ2) is 11.3. The highest BCUT2D eigenvalue weighted by Crippen LogP contribution is 2.38. The number of nitrogens with zero attached hydrogens (tertiary/aromatic N) is 4. The Hall–Kier alpha value is -3.82. The molecule has 0 spiro atoms. The molecular formula is C27H29FN4O4. The van der Waals surface area contributed by atoms with Crippen molar-refractivity contribution in [1.82, 2.24) is 9.97 Å². The third-order valence-electron chi connectivity index (χ3n) is 6.11. The molecule has 0 bridgehead atoms. The summed E-state index contributed by atoms with van der Waals surface area (Å²) in [5, 5.41) is 11.9. The highest BCUT2D eigenvalue weighted by molar-refractivity contribution is 5.94. The second-order valence-electron chi connectivity index (χ2n) is 8.16. The van der Waals surface area contributed by atoms with Gasteiger partial charge in [0.2, 0.25) is 0 Å². The van der Waals surface area contributed by atoms with Gasteiger partial charge in [-0.25, -0.2) is 14.4 Å². The van der Waals surface area contributed by atoms with Crippen LogP contribution in [0.5, 0.6) is 5.75 Å². The van der Waals surface area contributed by atoms with Gasteiger partial charge in [-0.3, -0.25) is 4.99 Å². The van der Waals surface area contributed by atoms with Gasteiger partial charge in [0.15, 0.2) is 0 Å².